The zero-order chi connectivity index (χ0) is 17.2. The van der Waals surface area contributed by atoms with Crippen molar-refractivity contribution in [3.8, 4) is 0 Å². The average Bonchev–Trinajstić information content (AvgIpc) is 3.06. The van der Waals surface area contributed by atoms with E-state index >= 15 is 0 Å². The topological polar surface area (TPSA) is 55.8 Å². The molecule has 24 heavy (non-hydrogen) atoms. The van der Waals surface area contributed by atoms with Gasteiger partial charge in [-0.15, -0.1) is 0 Å². The van der Waals surface area contributed by atoms with Gasteiger partial charge >= 0.3 is 6.03 Å². The zero-order valence-corrected chi connectivity index (χ0v) is 14.7. The van der Waals surface area contributed by atoms with Gasteiger partial charge in [0.25, 0.3) is 0 Å². The van der Waals surface area contributed by atoms with E-state index in [1.54, 1.807) is 13.8 Å². The number of likely N-dealkylation sites (tertiary alicyclic amines) is 1. The Hall–Kier alpha value is -1.75. The first-order chi connectivity index (χ1) is 11.4. The normalized spacial score (nSPS) is 22.7. The standard InChI is InChI=1S/C19H29N3O2/c1-19(2,24)17-9-6-12-22(17)18(23)20-15-10-13-21(14-11-15)16-7-4-3-5-8-16/h3-5,7-8,15,17,24H,6,9-14H2,1-2H3,(H,20,23)/t17-/m1/s1. The van der Waals surface area contributed by atoms with Crippen LogP contribution in [0.3, 0.4) is 0 Å². The van der Waals surface area contributed by atoms with Crippen LogP contribution in [-0.4, -0.2) is 53.4 Å². The molecule has 1 aromatic carbocycles. The highest BCUT2D eigenvalue weighted by Gasteiger charge is 2.39. The molecule has 2 fully saturated rings. The summed E-state index contributed by atoms with van der Waals surface area (Å²) in [5.41, 5.74) is 0.411. The molecule has 2 N–H and O–H groups in total. The van der Waals surface area contributed by atoms with Gasteiger partial charge in [0.05, 0.1) is 11.6 Å². The van der Waals surface area contributed by atoms with Crippen molar-refractivity contribution in [1.82, 2.24) is 10.2 Å². The lowest BCUT2D eigenvalue weighted by Gasteiger charge is -2.37. The fraction of sp³-hybridized carbons (Fsp3) is 0.632. The quantitative estimate of drug-likeness (QED) is 0.895. The van der Waals surface area contributed by atoms with Crippen LogP contribution in [0.5, 0.6) is 0 Å². The van der Waals surface area contributed by atoms with Crippen LogP contribution in [0.1, 0.15) is 39.5 Å². The number of hydrogen-bond acceptors (Lipinski definition) is 3. The molecule has 2 saturated heterocycles. The second kappa shape index (κ2) is 7.01. The first-order valence-corrected chi connectivity index (χ1v) is 9.04. The highest BCUT2D eigenvalue weighted by atomic mass is 16.3. The van der Waals surface area contributed by atoms with Crippen molar-refractivity contribution in [2.24, 2.45) is 0 Å². The van der Waals surface area contributed by atoms with Crippen LogP contribution in [0, 0.1) is 0 Å². The lowest BCUT2D eigenvalue weighted by atomic mass is 9.97. The predicted octanol–water partition coefficient (Wildman–Crippen LogP) is 2.60. The number of amides is 2. The molecule has 0 bridgehead atoms. The molecule has 1 aromatic rings. The fourth-order valence-electron chi connectivity index (χ4n) is 3.92. The van der Waals surface area contributed by atoms with Gasteiger partial charge in [-0.25, -0.2) is 4.79 Å². The molecule has 2 heterocycles. The number of urea groups is 1. The molecule has 0 saturated carbocycles. The molecule has 2 aliphatic heterocycles. The molecule has 0 aromatic heterocycles. The predicted molar refractivity (Wildman–Crippen MR) is 96.2 cm³/mol. The molecular formula is C19H29N3O2. The fourth-order valence-corrected chi connectivity index (χ4v) is 3.92. The Kier molecular flexibility index (Phi) is 4.99. The van der Waals surface area contributed by atoms with Crippen LogP contribution in [-0.2, 0) is 0 Å². The van der Waals surface area contributed by atoms with E-state index in [1.807, 2.05) is 11.0 Å². The number of anilines is 1. The number of aliphatic hydroxyl groups is 1. The maximum Gasteiger partial charge on any atom is 0.317 e. The van der Waals surface area contributed by atoms with Gasteiger partial charge in [0.15, 0.2) is 0 Å². The molecule has 2 aliphatic rings. The highest BCUT2D eigenvalue weighted by molar-refractivity contribution is 5.75. The van der Waals surface area contributed by atoms with Crippen molar-refractivity contribution >= 4 is 11.7 Å². The molecule has 0 aliphatic carbocycles. The third-order valence-electron chi connectivity index (χ3n) is 5.27. The maximum atomic E-state index is 12.6. The summed E-state index contributed by atoms with van der Waals surface area (Å²) in [5.74, 6) is 0. The van der Waals surface area contributed by atoms with Crippen LogP contribution in [0.15, 0.2) is 30.3 Å². The minimum Gasteiger partial charge on any atom is -0.388 e. The van der Waals surface area contributed by atoms with Crippen molar-refractivity contribution in [2.45, 2.75) is 57.2 Å². The molecule has 2 amide bonds. The Balaban J connectivity index is 1.52. The van der Waals surface area contributed by atoms with Gasteiger partial charge in [-0.05, 0) is 51.7 Å². The number of hydrogen-bond donors (Lipinski definition) is 2. The van der Waals surface area contributed by atoms with E-state index in [0.29, 0.717) is 0 Å². The Morgan fingerprint density at radius 1 is 1.12 bits per heavy atom. The number of carbonyl (C=O) groups is 1. The van der Waals surface area contributed by atoms with Gasteiger partial charge in [-0.2, -0.15) is 0 Å². The molecule has 3 rings (SSSR count). The highest BCUT2D eigenvalue weighted by Crippen LogP contribution is 2.27. The number of carbonyl (C=O) groups excluding carboxylic acids is 1. The minimum absolute atomic E-state index is 0.0159. The molecular weight excluding hydrogens is 302 g/mol. The van der Waals surface area contributed by atoms with E-state index in [9.17, 15) is 9.90 Å². The summed E-state index contributed by atoms with van der Waals surface area (Å²) in [4.78, 5) is 16.8. The average molecular weight is 331 g/mol. The van der Waals surface area contributed by atoms with Crippen LogP contribution in [0.4, 0.5) is 10.5 Å². The Labute approximate surface area is 144 Å². The molecule has 132 valence electrons. The first kappa shape index (κ1) is 17.1. The van der Waals surface area contributed by atoms with Crippen LogP contribution in [0.25, 0.3) is 0 Å². The monoisotopic (exact) mass is 331 g/mol. The minimum atomic E-state index is -0.843. The van der Waals surface area contributed by atoms with E-state index in [0.717, 1.165) is 45.3 Å². The number of piperidine rings is 1. The Morgan fingerprint density at radius 2 is 1.79 bits per heavy atom. The van der Waals surface area contributed by atoms with Gasteiger partial charge in [0.2, 0.25) is 0 Å². The number of rotatable bonds is 3. The number of benzene rings is 1. The van der Waals surface area contributed by atoms with Crippen LogP contribution in [0.2, 0.25) is 0 Å². The van der Waals surface area contributed by atoms with Crippen molar-refractivity contribution in [3.05, 3.63) is 30.3 Å². The summed E-state index contributed by atoms with van der Waals surface area (Å²) in [5, 5.41) is 13.5. The number of para-hydroxylation sites is 1. The summed E-state index contributed by atoms with van der Waals surface area (Å²) in [7, 11) is 0. The van der Waals surface area contributed by atoms with E-state index in [2.05, 4.69) is 34.5 Å². The lowest BCUT2D eigenvalue weighted by molar-refractivity contribution is 0.00935. The van der Waals surface area contributed by atoms with Crippen molar-refractivity contribution in [2.75, 3.05) is 24.5 Å². The van der Waals surface area contributed by atoms with Crippen LogP contribution >= 0.6 is 0 Å². The van der Waals surface area contributed by atoms with Crippen molar-refractivity contribution in [1.29, 1.82) is 0 Å². The lowest BCUT2D eigenvalue weighted by Crippen LogP contribution is -2.54. The second-order valence-corrected chi connectivity index (χ2v) is 7.55. The molecule has 1 atom stereocenters. The molecule has 5 nitrogen and oxygen atoms in total. The SMILES string of the molecule is CC(C)(O)[C@H]1CCCN1C(=O)NC1CCN(c2ccccc2)CC1. The summed E-state index contributed by atoms with van der Waals surface area (Å²) < 4.78 is 0. The zero-order valence-electron chi connectivity index (χ0n) is 14.7. The molecule has 5 heteroatoms. The number of nitrogens with zero attached hydrogens (tertiary/aromatic N) is 2. The third kappa shape index (κ3) is 3.83. The second-order valence-electron chi connectivity index (χ2n) is 7.55. The molecule has 0 radical (unpaired) electrons. The smallest absolute Gasteiger partial charge is 0.317 e. The van der Waals surface area contributed by atoms with Gasteiger partial charge in [-0.3, -0.25) is 0 Å². The summed E-state index contributed by atoms with van der Waals surface area (Å²) >= 11 is 0. The summed E-state index contributed by atoms with van der Waals surface area (Å²) in [6.45, 7) is 6.25. The largest absolute Gasteiger partial charge is 0.388 e. The summed E-state index contributed by atoms with van der Waals surface area (Å²) in [6.07, 6.45) is 3.77. The first-order valence-electron chi connectivity index (χ1n) is 9.04. The third-order valence-corrected chi connectivity index (χ3v) is 5.27. The van der Waals surface area contributed by atoms with Crippen molar-refractivity contribution < 1.29 is 9.90 Å². The van der Waals surface area contributed by atoms with Gasteiger partial charge < -0.3 is 20.2 Å². The van der Waals surface area contributed by atoms with E-state index in [-0.39, 0.29) is 18.1 Å². The van der Waals surface area contributed by atoms with Gasteiger partial charge in [-0.1, -0.05) is 18.2 Å². The summed E-state index contributed by atoms with van der Waals surface area (Å²) in [6, 6.07) is 10.6. The van der Waals surface area contributed by atoms with E-state index < -0.39 is 5.60 Å². The van der Waals surface area contributed by atoms with E-state index in [4.69, 9.17) is 0 Å². The van der Waals surface area contributed by atoms with Crippen molar-refractivity contribution in [3.63, 3.8) is 0 Å². The Bertz CT molecular complexity index is 547. The number of nitrogens with one attached hydrogen (secondary N) is 1. The van der Waals surface area contributed by atoms with E-state index in [1.165, 1.54) is 5.69 Å². The van der Waals surface area contributed by atoms with Crippen LogP contribution < -0.4 is 10.2 Å². The molecule has 0 unspecified atom stereocenters. The Morgan fingerprint density at radius 3 is 2.42 bits per heavy atom. The molecule has 0 spiro atoms. The van der Waals surface area contributed by atoms with Gasteiger partial charge in [0.1, 0.15) is 0 Å². The van der Waals surface area contributed by atoms with Gasteiger partial charge in [0, 0.05) is 31.4 Å². The maximum absolute atomic E-state index is 12.6.